The van der Waals surface area contributed by atoms with E-state index in [-0.39, 0.29) is 11.4 Å². The number of nitro benzene ring substituents is 1. The summed E-state index contributed by atoms with van der Waals surface area (Å²) in [5.74, 6) is 0.107. The fourth-order valence-corrected chi connectivity index (χ4v) is 2.62. The van der Waals surface area contributed by atoms with E-state index in [4.69, 9.17) is 9.47 Å². The molecule has 0 saturated carbocycles. The van der Waals surface area contributed by atoms with Crippen LogP contribution in [0.5, 0.6) is 11.5 Å². The van der Waals surface area contributed by atoms with Crippen LogP contribution in [0.3, 0.4) is 0 Å². The van der Waals surface area contributed by atoms with Crippen molar-refractivity contribution in [2.24, 2.45) is 0 Å². The van der Waals surface area contributed by atoms with Gasteiger partial charge in [0.05, 0.1) is 10.6 Å². The van der Waals surface area contributed by atoms with Gasteiger partial charge in [-0.2, -0.15) is 0 Å². The molecule has 0 bridgehead atoms. The van der Waals surface area contributed by atoms with Crippen molar-refractivity contribution in [3.8, 4) is 11.5 Å². The smallest absolute Gasteiger partial charge is 0.310 e. The molecule has 3 aromatic carbocycles. The topological polar surface area (TPSA) is 90.7 Å². The van der Waals surface area contributed by atoms with Crippen molar-refractivity contribution in [2.45, 2.75) is 19.6 Å². The van der Waals surface area contributed by atoms with Crippen molar-refractivity contribution in [3.63, 3.8) is 0 Å². The first-order valence-corrected chi connectivity index (χ1v) is 9.01. The van der Waals surface area contributed by atoms with E-state index >= 15 is 0 Å². The van der Waals surface area contributed by atoms with Gasteiger partial charge >= 0.3 is 5.69 Å². The highest BCUT2D eigenvalue weighted by molar-refractivity contribution is 5.95. The SMILES string of the molecule is CC(Oc1ccccc1[N+](=O)[O-])C(=O)Nc1ccccc1OCc1ccccc1. The molecule has 148 valence electrons. The first-order valence-electron chi connectivity index (χ1n) is 9.01. The molecule has 1 atom stereocenters. The van der Waals surface area contributed by atoms with Gasteiger partial charge in [0, 0.05) is 6.07 Å². The Morgan fingerprint density at radius 1 is 0.966 bits per heavy atom. The van der Waals surface area contributed by atoms with E-state index in [0.717, 1.165) is 5.56 Å². The Labute approximate surface area is 168 Å². The first kappa shape index (κ1) is 19.9. The number of nitro groups is 1. The quantitative estimate of drug-likeness (QED) is 0.448. The van der Waals surface area contributed by atoms with Gasteiger partial charge in [-0.25, -0.2) is 0 Å². The minimum Gasteiger partial charge on any atom is -0.487 e. The molecule has 0 spiro atoms. The minimum atomic E-state index is -0.946. The van der Waals surface area contributed by atoms with Gasteiger partial charge in [-0.15, -0.1) is 0 Å². The van der Waals surface area contributed by atoms with Gasteiger partial charge in [0.2, 0.25) is 0 Å². The molecule has 0 heterocycles. The molecule has 29 heavy (non-hydrogen) atoms. The number of nitrogens with one attached hydrogen (secondary N) is 1. The van der Waals surface area contributed by atoms with Gasteiger partial charge in [-0.3, -0.25) is 14.9 Å². The Balaban J connectivity index is 1.67. The normalized spacial score (nSPS) is 11.3. The molecule has 1 unspecified atom stereocenters. The highest BCUT2D eigenvalue weighted by Gasteiger charge is 2.21. The molecule has 0 aliphatic rings. The summed E-state index contributed by atoms with van der Waals surface area (Å²) in [6, 6.07) is 22.7. The Morgan fingerprint density at radius 2 is 1.59 bits per heavy atom. The highest BCUT2D eigenvalue weighted by Crippen LogP contribution is 2.28. The number of carbonyl (C=O) groups excluding carboxylic acids is 1. The highest BCUT2D eigenvalue weighted by atomic mass is 16.6. The summed E-state index contributed by atoms with van der Waals surface area (Å²) in [7, 11) is 0. The lowest BCUT2D eigenvalue weighted by molar-refractivity contribution is -0.386. The number of ether oxygens (including phenoxy) is 2. The molecule has 1 amide bonds. The number of benzene rings is 3. The lowest BCUT2D eigenvalue weighted by atomic mass is 10.2. The lowest BCUT2D eigenvalue weighted by Gasteiger charge is -2.17. The van der Waals surface area contributed by atoms with Crippen LogP contribution in [0.15, 0.2) is 78.9 Å². The van der Waals surface area contributed by atoms with Crippen LogP contribution >= 0.6 is 0 Å². The van der Waals surface area contributed by atoms with Crippen LogP contribution in [0.2, 0.25) is 0 Å². The standard InChI is InChI=1S/C22H20N2O5/c1-16(29-21-14-8-6-12-19(21)24(26)27)22(25)23-18-11-5-7-13-20(18)28-15-17-9-3-2-4-10-17/h2-14,16H,15H2,1H3,(H,23,25). The fourth-order valence-electron chi connectivity index (χ4n) is 2.62. The van der Waals surface area contributed by atoms with E-state index in [1.807, 2.05) is 36.4 Å². The molecule has 3 aromatic rings. The van der Waals surface area contributed by atoms with Crippen LogP contribution in [-0.2, 0) is 11.4 Å². The second kappa shape index (κ2) is 9.36. The van der Waals surface area contributed by atoms with Crippen LogP contribution in [-0.4, -0.2) is 16.9 Å². The maximum absolute atomic E-state index is 12.6. The van der Waals surface area contributed by atoms with Gasteiger partial charge in [-0.05, 0) is 30.7 Å². The number of amides is 1. The van der Waals surface area contributed by atoms with Gasteiger partial charge in [-0.1, -0.05) is 54.6 Å². The maximum atomic E-state index is 12.6. The maximum Gasteiger partial charge on any atom is 0.310 e. The Kier molecular flexibility index (Phi) is 6.42. The van der Waals surface area contributed by atoms with Gasteiger partial charge in [0.25, 0.3) is 5.91 Å². The molecule has 3 rings (SSSR count). The van der Waals surface area contributed by atoms with E-state index in [1.54, 1.807) is 24.3 Å². The van der Waals surface area contributed by atoms with Crippen molar-refractivity contribution in [1.29, 1.82) is 0 Å². The van der Waals surface area contributed by atoms with Crippen molar-refractivity contribution in [3.05, 3.63) is 94.5 Å². The molecule has 0 radical (unpaired) electrons. The molecule has 0 aliphatic carbocycles. The fraction of sp³-hybridized carbons (Fsp3) is 0.136. The molecule has 7 nitrogen and oxygen atoms in total. The molecule has 0 saturated heterocycles. The minimum absolute atomic E-state index is 0.0359. The summed E-state index contributed by atoms with van der Waals surface area (Å²) in [6.07, 6.45) is -0.946. The molecular weight excluding hydrogens is 372 g/mol. The number of anilines is 1. The zero-order valence-electron chi connectivity index (χ0n) is 15.8. The molecule has 0 aromatic heterocycles. The van der Waals surface area contributed by atoms with Gasteiger partial charge < -0.3 is 14.8 Å². The summed E-state index contributed by atoms with van der Waals surface area (Å²) in [5.41, 5.74) is 1.30. The van der Waals surface area contributed by atoms with Crippen LogP contribution < -0.4 is 14.8 Å². The predicted molar refractivity (Wildman–Crippen MR) is 109 cm³/mol. The average molecular weight is 392 g/mol. The molecule has 0 fully saturated rings. The summed E-state index contributed by atoms with van der Waals surface area (Å²) in [4.78, 5) is 23.1. The third kappa shape index (κ3) is 5.32. The van der Waals surface area contributed by atoms with Crippen molar-refractivity contribution in [2.75, 3.05) is 5.32 Å². The number of carbonyl (C=O) groups is 1. The molecular formula is C22H20N2O5. The van der Waals surface area contributed by atoms with Crippen molar-refractivity contribution in [1.82, 2.24) is 0 Å². The van der Waals surface area contributed by atoms with Crippen LogP contribution in [0, 0.1) is 10.1 Å². The third-order valence-electron chi connectivity index (χ3n) is 4.12. The second-order valence-electron chi connectivity index (χ2n) is 6.24. The lowest BCUT2D eigenvalue weighted by Crippen LogP contribution is -2.30. The Hall–Kier alpha value is -3.87. The Morgan fingerprint density at radius 3 is 2.31 bits per heavy atom. The van der Waals surface area contributed by atoms with E-state index in [0.29, 0.717) is 18.0 Å². The van der Waals surface area contributed by atoms with E-state index in [9.17, 15) is 14.9 Å². The van der Waals surface area contributed by atoms with Crippen LogP contribution in [0.25, 0.3) is 0 Å². The zero-order chi connectivity index (χ0) is 20.6. The monoisotopic (exact) mass is 392 g/mol. The van der Waals surface area contributed by atoms with Crippen LogP contribution in [0.4, 0.5) is 11.4 Å². The van der Waals surface area contributed by atoms with E-state index < -0.39 is 16.9 Å². The van der Waals surface area contributed by atoms with Crippen LogP contribution in [0.1, 0.15) is 12.5 Å². The second-order valence-corrected chi connectivity index (χ2v) is 6.24. The summed E-state index contributed by atoms with van der Waals surface area (Å²) >= 11 is 0. The predicted octanol–water partition coefficient (Wildman–Crippen LogP) is 4.58. The third-order valence-corrected chi connectivity index (χ3v) is 4.12. The van der Waals surface area contributed by atoms with Crippen molar-refractivity contribution < 1.29 is 19.2 Å². The van der Waals surface area contributed by atoms with Gasteiger partial charge in [0.1, 0.15) is 12.4 Å². The van der Waals surface area contributed by atoms with E-state index in [1.165, 1.54) is 25.1 Å². The number of nitrogens with zero attached hydrogens (tertiary/aromatic N) is 1. The summed E-state index contributed by atoms with van der Waals surface area (Å²) in [5, 5.41) is 13.9. The molecule has 0 aliphatic heterocycles. The number of rotatable bonds is 8. The summed E-state index contributed by atoms with van der Waals surface area (Å²) < 4.78 is 11.3. The number of hydrogen-bond acceptors (Lipinski definition) is 5. The number of hydrogen-bond donors (Lipinski definition) is 1. The van der Waals surface area contributed by atoms with E-state index in [2.05, 4.69) is 5.32 Å². The molecule has 7 heteroatoms. The largest absolute Gasteiger partial charge is 0.487 e. The van der Waals surface area contributed by atoms with Crippen molar-refractivity contribution >= 4 is 17.3 Å². The molecule has 1 N–H and O–H groups in total. The first-order chi connectivity index (χ1) is 14.0. The Bertz CT molecular complexity index is 991. The summed E-state index contributed by atoms with van der Waals surface area (Å²) in [6.45, 7) is 1.88. The average Bonchev–Trinajstić information content (AvgIpc) is 2.74. The van der Waals surface area contributed by atoms with Gasteiger partial charge in [0.15, 0.2) is 11.9 Å². The number of para-hydroxylation sites is 4. The zero-order valence-corrected chi connectivity index (χ0v) is 15.8.